The van der Waals surface area contributed by atoms with Crippen LogP contribution in [0.2, 0.25) is 5.02 Å². The van der Waals surface area contributed by atoms with Crippen molar-refractivity contribution in [2.24, 2.45) is 0 Å². The van der Waals surface area contributed by atoms with Gasteiger partial charge in [-0.2, -0.15) is 13.2 Å². The van der Waals surface area contributed by atoms with E-state index in [1.807, 2.05) is 86.6 Å². The van der Waals surface area contributed by atoms with E-state index in [4.69, 9.17) is 11.6 Å². The van der Waals surface area contributed by atoms with Crippen LogP contribution in [0.3, 0.4) is 0 Å². The number of likely N-dealkylation sites (tertiary alicyclic amines) is 1. The number of anilines is 3. The Morgan fingerprint density at radius 1 is 0.984 bits per heavy atom. The van der Waals surface area contributed by atoms with Crippen LogP contribution in [0, 0.1) is 10.1 Å². The van der Waals surface area contributed by atoms with E-state index in [1.54, 1.807) is 11.8 Å². The number of aromatic nitrogens is 2. The molecular weight excluding hydrogens is 861 g/mol. The Balaban J connectivity index is 1.01. The van der Waals surface area contributed by atoms with Crippen LogP contribution in [0.5, 0.6) is 0 Å². The number of nitrogens with zero attached hydrogens (tertiary/aromatic N) is 6. The largest absolute Gasteiger partial charge is 0.451 e. The van der Waals surface area contributed by atoms with Crippen LogP contribution in [-0.2, 0) is 35.7 Å². The molecule has 0 radical (unpaired) electrons. The first-order chi connectivity index (χ1) is 29.5. The smallest absolute Gasteiger partial charge is 0.378 e. The topological polar surface area (TPSA) is 137 Å². The molecular formula is C44H48ClF3N8O4S2. The summed E-state index contributed by atoms with van der Waals surface area (Å²) in [5.41, 5.74) is 4.47. The average molecular weight is 910 g/mol. The summed E-state index contributed by atoms with van der Waals surface area (Å²) in [4.78, 5) is 26.2. The van der Waals surface area contributed by atoms with Gasteiger partial charge in [-0.25, -0.2) is 18.4 Å². The summed E-state index contributed by atoms with van der Waals surface area (Å²) in [6.45, 7) is 4.75. The van der Waals surface area contributed by atoms with Gasteiger partial charge in [-0.05, 0) is 117 Å². The van der Waals surface area contributed by atoms with E-state index in [0.717, 1.165) is 66.0 Å². The van der Waals surface area contributed by atoms with Gasteiger partial charge in [0.1, 0.15) is 11.5 Å². The van der Waals surface area contributed by atoms with Gasteiger partial charge in [0, 0.05) is 73.0 Å². The number of hydrogen-bond donors (Lipinski definition) is 2. The standard InChI is InChI=1S/C44H48ClF3N8O4S2/c1-29(21-25-61-35-14-12-33(13-15-35)53(2)3)49-39-17-16-36(26-41(39)56(57)58)62(59,60)52-42-38-20-24-55(28-40(38)50-43(51-42)44(46,47)48)34-18-22-54(23-19-34)27-31-6-4-5-7-37(31)30-8-10-32(45)11-9-30/h4-17,26,29,34,49H,18-25,27-28H2,1-3H3,(H,50,51,52)/t29-/m1/s1. The highest BCUT2D eigenvalue weighted by molar-refractivity contribution is 7.99. The lowest BCUT2D eigenvalue weighted by atomic mass is 9.96. The number of thioether (sulfide) groups is 1. The van der Waals surface area contributed by atoms with Crippen LogP contribution < -0.4 is 14.9 Å². The fraction of sp³-hybridized carbons (Fsp3) is 0.364. The second-order valence-electron chi connectivity index (χ2n) is 15.8. The van der Waals surface area contributed by atoms with Crippen molar-refractivity contribution in [3.05, 3.63) is 129 Å². The van der Waals surface area contributed by atoms with Crippen molar-refractivity contribution in [3.8, 4) is 11.1 Å². The molecule has 4 aromatic carbocycles. The Labute approximate surface area is 369 Å². The van der Waals surface area contributed by atoms with E-state index in [-0.39, 0.29) is 42.0 Å². The van der Waals surface area contributed by atoms with Gasteiger partial charge in [-0.1, -0.05) is 48.0 Å². The minimum atomic E-state index is -4.96. The van der Waals surface area contributed by atoms with Crippen molar-refractivity contribution < 1.29 is 26.5 Å². The molecule has 328 valence electrons. The van der Waals surface area contributed by atoms with E-state index in [0.29, 0.717) is 18.0 Å². The molecule has 3 heterocycles. The molecule has 0 aliphatic carbocycles. The van der Waals surface area contributed by atoms with E-state index < -0.39 is 43.3 Å². The average Bonchev–Trinajstić information content (AvgIpc) is 3.24. The number of nitrogens with one attached hydrogen (secondary N) is 2. The zero-order chi connectivity index (χ0) is 44.2. The lowest BCUT2D eigenvalue weighted by molar-refractivity contribution is -0.384. The minimum absolute atomic E-state index is 0.0879. The normalized spacial score (nSPS) is 15.8. The van der Waals surface area contributed by atoms with Crippen LogP contribution in [-0.4, -0.2) is 84.7 Å². The second-order valence-corrected chi connectivity index (χ2v) is 19.1. The van der Waals surface area contributed by atoms with Crippen molar-refractivity contribution in [3.63, 3.8) is 0 Å². The van der Waals surface area contributed by atoms with Crippen molar-refractivity contribution in [2.75, 3.05) is 54.4 Å². The summed E-state index contributed by atoms with van der Waals surface area (Å²) in [7, 11) is -0.690. The zero-order valence-electron chi connectivity index (χ0n) is 34.5. The highest BCUT2D eigenvalue weighted by atomic mass is 35.5. The molecule has 18 heteroatoms. The molecule has 0 spiro atoms. The molecule has 1 saturated heterocycles. The monoisotopic (exact) mass is 908 g/mol. The highest BCUT2D eigenvalue weighted by Crippen LogP contribution is 2.36. The summed E-state index contributed by atoms with van der Waals surface area (Å²) in [5.74, 6) is -1.22. The van der Waals surface area contributed by atoms with Crippen LogP contribution in [0.1, 0.15) is 48.8 Å². The van der Waals surface area contributed by atoms with Gasteiger partial charge >= 0.3 is 6.18 Å². The van der Waals surface area contributed by atoms with Gasteiger partial charge in [-0.15, -0.1) is 11.8 Å². The van der Waals surface area contributed by atoms with Crippen LogP contribution >= 0.6 is 23.4 Å². The molecule has 12 nitrogen and oxygen atoms in total. The van der Waals surface area contributed by atoms with Gasteiger partial charge in [-0.3, -0.25) is 24.6 Å². The van der Waals surface area contributed by atoms with E-state index in [9.17, 15) is 31.7 Å². The fourth-order valence-electron chi connectivity index (χ4n) is 7.90. The van der Waals surface area contributed by atoms with Gasteiger partial charge < -0.3 is 10.2 Å². The van der Waals surface area contributed by atoms with Crippen LogP contribution in [0.4, 0.5) is 36.1 Å². The Kier molecular flexibility index (Phi) is 14.0. The number of nitro benzene ring substituents is 1. The van der Waals surface area contributed by atoms with E-state index in [1.165, 1.54) is 17.7 Å². The molecule has 0 unspecified atom stereocenters. The summed E-state index contributed by atoms with van der Waals surface area (Å²) < 4.78 is 72.4. The molecule has 2 aliphatic heterocycles. The third-order valence-corrected chi connectivity index (χ3v) is 13.9. The number of nitro groups is 1. The first kappa shape index (κ1) is 45.1. The van der Waals surface area contributed by atoms with Crippen LogP contribution in [0.15, 0.2) is 101 Å². The lowest BCUT2D eigenvalue weighted by Crippen LogP contribution is -2.46. The first-order valence-corrected chi connectivity index (χ1v) is 23.1. The molecule has 1 fully saturated rings. The number of halogens is 4. The molecule has 2 N–H and O–H groups in total. The van der Waals surface area contributed by atoms with Crippen LogP contribution in [0.25, 0.3) is 11.1 Å². The van der Waals surface area contributed by atoms with Crippen molar-refractivity contribution >= 4 is 56.3 Å². The third kappa shape index (κ3) is 11.0. The minimum Gasteiger partial charge on any atom is -0.378 e. The van der Waals surface area contributed by atoms with Gasteiger partial charge in [0.05, 0.1) is 15.5 Å². The van der Waals surface area contributed by atoms with E-state index in [2.05, 4.69) is 41.9 Å². The lowest BCUT2D eigenvalue weighted by Gasteiger charge is -2.40. The molecule has 7 rings (SSSR count). The Morgan fingerprint density at radius 3 is 2.37 bits per heavy atom. The molecule has 62 heavy (non-hydrogen) atoms. The number of fused-ring (bicyclic) bond motifs is 1. The molecule has 0 saturated carbocycles. The molecule has 1 aromatic heterocycles. The first-order valence-electron chi connectivity index (χ1n) is 20.3. The Bertz CT molecular complexity index is 2490. The second kappa shape index (κ2) is 19.2. The summed E-state index contributed by atoms with van der Waals surface area (Å²) in [5, 5.41) is 16.0. The summed E-state index contributed by atoms with van der Waals surface area (Å²) in [6, 6.07) is 27.4. The number of sulfonamides is 1. The third-order valence-electron chi connectivity index (χ3n) is 11.3. The SMILES string of the molecule is C[C@H](CCSc1ccc(N(C)C)cc1)Nc1ccc(S(=O)(=O)Nc2nc(C(F)(F)F)nc3c2CCN(C2CCN(Cc4ccccc4-c4ccc(Cl)cc4)CC2)C3)cc1[N+](=O)[O-]. The van der Waals surface area contributed by atoms with Crippen molar-refractivity contribution in [2.45, 2.75) is 73.7 Å². The number of alkyl halides is 3. The van der Waals surface area contributed by atoms with Gasteiger partial charge in [0.25, 0.3) is 15.7 Å². The molecule has 5 aromatic rings. The predicted molar refractivity (Wildman–Crippen MR) is 239 cm³/mol. The summed E-state index contributed by atoms with van der Waals surface area (Å²) in [6.07, 6.45) is -2.51. The molecule has 0 bridgehead atoms. The molecule has 0 amide bonds. The van der Waals surface area contributed by atoms with Crippen molar-refractivity contribution in [1.82, 2.24) is 19.8 Å². The number of hydrogen-bond acceptors (Lipinski definition) is 11. The Hall–Kier alpha value is -4.94. The summed E-state index contributed by atoms with van der Waals surface area (Å²) >= 11 is 7.77. The maximum atomic E-state index is 14.2. The Morgan fingerprint density at radius 2 is 1.69 bits per heavy atom. The maximum Gasteiger partial charge on any atom is 0.451 e. The fourth-order valence-corrected chi connectivity index (χ4v) is 10.1. The predicted octanol–water partition coefficient (Wildman–Crippen LogP) is 9.60. The number of benzene rings is 4. The number of rotatable bonds is 15. The zero-order valence-corrected chi connectivity index (χ0v) is 36.9. The van der Waals surface area contributed by atoms with E-state index >= 15 is 0 Å². The van der Waals surface area contributed by atoms with Gasteiger partial charge in [0.2, 0.25) is 5.82 Å². The highest BCUT2D eigenvalue weighted by Gasteiger charge is 2.39. The number of piperidine rings is 1. The maximum absolute atomic E-state index is 14.2. The quantitative estimate of drug-likeness (QED) is 0.0591. The molecule has 1 atom stereocenters. The van der Waals surface area contributed by atoms with Gasteiger partial charge in [0.15, 0.2) is 0 Å². The van der Waals surface area contributed by atoms with Crippen molar-refractivity contribution in [1.29, 1.82) is 0 Å². The molecule has 2 aliphatic rings.